The Kier molecular flexibility index (Phi) is 3.84. The summed E-state index contributed by atoms with van der Waals surface area (Å²) >= 11 is 0. The Morgan fingerprint density at radius 1 is 1.50 bits per heavy atom. The molecular weight excluding hydrogens is 233 g/mol. The van der Waals surface area contributed by atoms with Crippen molar-refractivity contribution < 1.29 is 13.9 Å². The molecule has 0 aliphatic heterocycles. The van der Waals surface area contributed by atoms with Crippen LogP contribution in [0.5, 0.6) is 5.75 Å². The van der Waals surface area contributed by atoms with Gasteiger partial charge in [-0.05, 0) is 37.8 Å². The quantitative estimate of drug-likeness (QED) is 0.893. The fourth-order valence-corrected chi connectivity index (χ4v) is 2.15. The van der Waals surface area contributed by atoms with Crippen LogP contribution in [-0.4, -0.2) is 19.1 Å². The number of carbonyl (C=O) groups excluding carboxylic acids is 1. The molecule has 4 heteroatoms. The van der Waals surface area contributed by atoms with Crippen molar-refractivity contribution in [2.75, 3.05) is 7.11 Å². The lowest BCUT2D eigenvalue weighted by Gasteiger charge is -2.31. The highest BCUT2D eigenvalue weighted by atomic mass is 19.1. The van der Waals surface area contributed by atoms with Crippen molar-refractivity contribution in [1.29, 1.82) is 0 Å². The second-order valence-electron chi connectivity index (χ2n) is 4.80. The molecule has 1 aromatic rings. The smallest absolute Gasteiger partial charge is 0.254 e. The number of hydrogen-bond donors (Lipinski definition) is 1. The highest BCUT2D eigenvalue weighted by molar-refractivity contribution is 5.94. The molecule has 1 fully saturated rings. The minimum atomic E-state index is -0.548. The van der Waals surface area contributed by atoms with Crippen LogP contribution in [-0.2, 0) is 0 Å². The van der Waals surface area contributed by atoms with Crippen molar-refractivity contribution in [3.63, 3.8) is 0 Å². The summed E-state index contributed by atoms with van der Waals surface area (Å²) in [5, 5.41) is 2.86. The van der Waals surface area contributed by atoms with E-state index in [0.717, 1.165) is 12.8 Å². The number of amides is 1. The first-order valence-electron chi connectivity index (χ1n) is 6.26. The van der Waals surface area contributed by atoms with Gasteiger partial charge in [0.1, 0.15) is 11.6 Å². The molecule has 18 heavy (non-hydrogen) atoms. The fourth-order valence-electron chi connectivity index (χ4n) is 2.15. The van der Waals surface area contributed by atoms with Gasteiger partial charge < -0.3 is 10.1 Å². The lowest BCUT2D eigenvalue weighted by atomic mass is 9.80. The standard InChI is InChI=1S/C14H18FNO2/c1-9(10-4-3-5-10)16-14(17)12-7-6-11(18-2)8-13(12)15/h6-10H,3-5H2,1-2H3,(H,16,17). The molecule has 0 heterocycles. The van der Waals surface area contributed by atoms with E-state index in [1.807, 2.05) is 6.92 Å². The Morgan fingerprint density at radius 3 is 2.72 bits per heavy atom. The summed E-state index contributed by atoms with van der Waals surface area (Å²) < 4.78 is 18.6. The number of hydrogen-bond acceptors (Lipinski definition) is 2. The molecule has 1 N–H and O–H groups in total. The van der Waals surface area contributed by atoms with Crippen molar-refractivity contribution in [3.05, 3.63) is 29.6 Å². The van der Waals surface area contributed by atoms with Gasteiger partial charge in [-0.3, -0.25) is 4.79 Å². The molecule has 1 aromatic carbocycles. The first-order chi connectivity index (χ1) is 8.61. The summed E-state index contributed by atoms with van der Waals surface area (Å²) in [6.07, 6.45) is 3.51. The Hall–Kier alpha value is -1.58. The number of benzene rings is 1. The van der Waals surface area contributed by atoms with Gasteiger partial charge >= 0.3 is 0 Å². The monoisotopic (exact) mass is 251 g/mol. The van der Waals surface area contributed by atoms with Gasteiger partial charge in [0.05, 0.1) is 12.7 Å². The first kappa shape index (κ1) is 12.9. The van der Waals surface area contributed by atoms with Crippen molar-refractivity contribution in [1.82, 2.24) is 5.32 Å². The minimum Gasteiger partial charge on any atom is -0.497 e. The average molecular weight is 251 g/mol. The highest BCUT2D eigenvalue weighted by Gasteiger charge is 2.25. The zero-order valence-corrected chi connectivity index (χ0v) is 10.7. The van der Waals surface area contributed by atoms with Crippen molar-refractivity contribution in [2.24, 2.45) is 5.92 Å². The van der Waals surface area contributed by atoms with E-state index in [4.69, 9.17) is 4.74 Å². The van der Waals surface area contributed by atoms with Gasteiger partial charge in [0, 0.05) is 12.1 Å². The van der Waals surface area contributed by atoms with Gasteiger partial charge in [-0.25, -0.2) is 4.39 Å². The van der Waals surface area contributed by atoms with Crippen molar-refractivity contribution >= 4 is 5.91 Å². The van der Waals surface area contributed by atoms with Gasteiger partial charge in [-0.1, -0.05) is 6.42 Å². The maximum atomic E-state index is 13.7. The molecule has 1 aliphatic carbocycles. The highest BCUT2D eigenvalue weighted by Crippen LogP contribution is 2.29. The van der Waals surface area contributed by atoms with Crippen LogP contribution in [0.3, 0.4) is 0 Å². The van der Waals surface area contributed by atoms with Crippen LogP contribution in [0.2, 0.25) is 0 Å². The summed E-state index contributed by atoms with van der Waals surface area (Å²) in [5.74, 6) is 0.0496. The molecule has 0 spiro atoms. The summed E-state index contributed by atoms with van der Waals surface area (Å²) in [6.45, 7) is 1.98. The maximum Gasteiger partial charge on any atom is 0.254 e. The predicted octanol–water partition coefficient (Wildman–Crippen LogP) is 2.75. The SMILES string of the molecule is COc1ccc(C(=O)NC(C)C2CCC2)c(F)c1. The molecule has 0 aromatic heterocycles. The number of rotatable bonds is 4. The Morgan fingerprint density at radius 2 is 2.22 bits per heavy atom. The zero-order chi connectivity index (χ0) is 13.1. The van der Waals surface area contributed by atoms with Crippen LogP contribution in [0.15, 0.2) is 18.2 Å². The number of halogens is 1. The van der Waals surface area contributed by atoms with E-state index in [9.17, 15) is 9.18 Å². The van der Waals surface area contributed by atoms with Gasteiger partial charge in [0.25, 0.3) is 5.91 Å². The molecule has 1 amide bonds. The molecule has 1 saturated carbocycles. The molecule has 0 bridgehead atoms. The van der Waals surface area contributed by atoms with E-state index in [-0.39, 0.29) is 17.5 Å². The lowest BCUT2D eigenvalue weighted by Crippen LogP contribution is -2.40. The third-order valence-electron chi connectivity index (χ3n) is 3.64. The molecule has 1 aliphatic rings. The Balaban J connectivity index is 2.03. The molecule has 1 unspecified atom stereocenters. The molecule has 0 saturated heterocycles. The second kappa shape index (κ2) is 5.38. The van der Waals surface area contributed by atoms with Crippen LogP contribution in [0.1, 0.15) is 36.5 Å². The number of nitrogens with one attached hydrogen (secondary N) is 1. The van der Waals surface area contributed by atoms with E-state index in [0.29, 0.717) is 11.7 Å². The molecule has 98 valence electrons. The lowest BCUT2D eigenvalue weighted by molar-refractivity contribution is 0.0905. The summed E-state index contributed by atoms with van der Waals surface area (Å²) in [4.78, 5) is 11.9. The largest absolute Gasteiger partial charge is 0.497 e. The Labute approximate surface area is 106 Å². The maximum absolute atomic E-state index is 13.7. The van der Waals surface area contributed by atoms with Gasteiger partial charge in [-0.15, -0.1) is 0 Å². The molecule has 0 radical (unpaired) electrons. The van der Waals surface area contributed by atoms with E-state index < -0.39 is 5.82 Å². The molecular formula is C14H18FNO2. The Bertz CT molecular complexity index is 443. The molecule has 2 rings (SSSR count). The zero-order valence-electron chi connectivity index (χ0n) is 10.7. The minimum absolute atomic E-state index is 0.0713. The van der Waals surface area contributed by atoms with E-state index in [2.05, 4.69) is 5.32 Å². The number of ether oxygens (including phenoxy) is 1. The van der Waals surface area contributed by atoms with Crippen LogP contribution in [0, 0.1) is 11.7 Å². The molecule has 3 nitrogen and oxygen atoms in total. The van der Waals surface area contributed by atoms with Crippen LogP contribution >= 0.6 is 0 Å². The average Bonchev–Trinajstić information content (AvgIpc) is 2.25. The summed E-state index contributed by atoms with van der Waals surface area (Å²) in [7, 11) is 1.47. The van der Waals surface area contributed by atoms with Gasteiger partial charge in [0.2, 0.25) is 0 Å². The van der Waals surface area contributed by atoms with Crippen LogP contribution in [0.4, 0.5) is 4.39 Å². The van der Waals surface area contributed by atoms with Crippen molar-refractivity contribution in [2.45, 2.75) is 32.2 Å². The third kappa shape index (κ3) is 2.63. The van der Waals surface area contributed by atoms with Crippen molar-refractivity contribution in [3.8, 4) is 5.75 Å². The van der Waals surface area contributed by atoms with Gasteiger partial charge in [0.15, 0.2) is 0 Å². The van der Waals surface area contributed by atoms with E-state index >= 15 is 0 Å². The fraction of sp³-hybridized carbons (Fsp3) is 0.500. The van der Waals surface area contributed by atoms with E-state index in [1.54, 1.807) is 6.07 Å². The van der Waals surface area contributed by atoms with E-state index in [1.165, 1.54) is 25.7 Å². The summed E-state index contributed by atoms with van der Waals surface area (Å²) in [5.41, 5.74) is 0.0713. The third-order valence-corrected chi connectivity index (χ3v) is 3.64. The van der Waals surface area contributed by atoms with Gasteiger partial charge in [-0.2, -0.15) is 0 Å². The second-order valence-corrected chi connectivity index (χ2v) is 4.80. The summed E-state index contributed by atoms with van der Waals surface area (Å²) in [6, 6.07) is 4.37. The molecule has 1 atom stereocenters. The predicted molar refractivity (Wildman–Crippen MR) is 67.2 cm³/mol. The topological polar surface area (TPSA) is 38.3 Å². The number of carbonyl (C=O) groups is 1. The normalized spacial score (nSPS) is 16.8. The van der Waals surface area contributed by atoms with Crippen LogP contribution in [0.25, 0.3) is 0 Å². The van der Waals surface area contributed by atoms with Crippen LogP contribution < -0.4 is 10.1 Å². The first-order valence-corrected chi connectivity index (χ1v) is 6.26. The number of methoxy groups -OCH3 is 1.